The Morgan fingerprint density at radius 1 is 0.870 bits per heavy atom. The monoisotopic (exact) mass is 310 g/mol. The summed E-state index contributed by atoms with van der Waals surface area (Å²) in [5.74, 6) is 1.14. The van der Waals surface area contributed by atoms with Crippen LogP contribution in [-0.2, 0) is 0 Å². The first-order valence-electron chi connectivity index (χ1n) is 8.08. The van der Waals surface area contributed by atoms with Gasteiger partial charge >= 0.3 is 0 Å². The van der Waals surface area contributed by atoms with E-state index in [1.165, 1.54) is 0 Å². The van der Waals surface area contributed by atoms with E-state index in [1.54, 1.807) is 24.3 Å². The van der Waals surface area contributed by atoms with Gasteiger partial charge < -0.3 is 10.2 Å². The SMILES string of the molecule is CC(C)CC(C)(C)C=C(c1ccc(O)cc1)c1ccc(O)cc1. The molecule has 0 fully saturated rings. The summed E-state index contributed by atoms with van der Waals surface area (Å²) < 4.78 is 0. The van der Waals surface area contributed by atoms with Gasteiger partial charge in [-0.25, -0.2) is 0 Å². The minimum absolute atomic E-state index is 0.0548. The highest BCUT2D eigenvalue weighted by Crippen LogP contribution is 2.34. The van der Waals surface area contributed by atoms with Crippen molar-refractivity contribution in [1.29, 1.82) is 0 Å². The molecule has 2 rings (SSSR count). The zero-order chi connectivity index (χ0) is 17.0. The van der Waals surface area contributed by atoms with Crippen molar-refractivity contribution in [2.45, 2.75) is 34.1 Å². The van der Waals surface area contributed by atoms with E-state index in [-0.39, 0.29) is 16.9 Å². The lowest BCUT2D eigenvalue weighted by molar-refractivity contribution is 0.367. The van der Waals surface area contributed by atoms with E-state index in [2.05, 4.69) is 33.8 Å². The standard InChI is InChI=1S/C21H26O2/c1-15(2)13-21(3,4)14-20(16-5-9-18(22)10-6-16)17-7-11-19(23)12-8-17/h5-12,14-15,22-23H,13H2,1-4H3. The van der Waals surface area contributed by atoms with E-state index in [9.17, 15) is 10.2 Å². The van der Waals surface area contributed by atoms with Crippen LogP contribution < -0.4 is 0 Å². The fraction of sp³-hybridized carbons (Fsp3) is 0.333. The number of hydrogen-bond acceptors (Lipinski definition) is 2. The van der Waals surface area contributed by atoms with E-state index in [1.807, 2.05) is 24.3 Å². The first-order valence-corrected chi connectivity index (χ1v) is 8.08. The zero-order valence-corrected chi connectivity index (χ0v) is 14.4. The van der Waals surface area contributed by atoms with Gasteiger partial charge in [0, 0.05) is 0 Å². The fourth-order valence-electron chi connectivity index (χ4n) is 3.12. The smallest absolute Gasteiger partial charge is 0.115 e. The van der Waals surface area contributed by atoms with Crippen molar-refractivity contribution >= 4 is 5.57 Å². The van der Waals surface area contributed by atoms with Crippen LogP contribution in [0.2, 0.25) is 0 Å². The number of aromatic hydroxyl groups is 2. The minimum Gasteiger partial charge on any atom is -0.508 e. The molecule has 0 heterocycles. The summed E-state index contributed by atoms with van der Waals surface area (Å²) in [6.07, 6.45) is 3.39. The molecular formula is C21H26O2. The molecule has 0 saturated heterocycles. The first kappa shape index (κ1) is 17.1. The lowest BCUT2D eigenvalue weighted by Gasteiger charge is -2.25. The van der Waals surface area contributed by atoms with Crippen LogP contribution in [0.1, 0.15) is 45.2 Å². The second kappa shape index (κ2) is 6.91. The highest BCUT2D eigenvalue weighted by atomic mass is 16.3. The van der Waals surface area contributed by atoms with Crippen molar-refractivity contribution in [2.24, 2.45) is 11.3 Å². The summed E-state index contributed by atoms with van der Waals surface area (Å²) in [7, 11) is 0. The van der Waals surface area contributed by atoms with Crippen molar-refractivity contribution in [1.82, 2.24) is 0 Å². The maximum atomic E-state index is 9.54. The summed E-state index contributed by atoms with van der Waals surface area (Å²) in [6.45, 7) is 8.95. The second-order valence-electron chi connectivity index (χ2n) is 7.24. The second-order valence-corrected chi connectivity index (χ2v) is 7.24. The molecule has 0 unspecified atom stereocenters. The molecule has 2 nitrogen and oxygen atoms in total. The van der Waals surface area contributed by atoms with Crippen molar-refractivity contribution in [3.05, 3.63) is 65.7 Å². The molecule has 0 aliphatic carbocycles. The normalized spacial score (nSPS) is 11.5. The number of phenolic OH excluding ortho intramolecular Hbond substituents is 2. The van der Waals surface area contributed by atoms with Gasteiger partial charge in [0.15, 0.2) is 0 Å². The Hall–Kier alpha value is -2.22. The molecule has 2 aromatic rings. The number of benzene rings is 2. The van der Waals surface area contributed by atoms with Crippen LogP contribution in [-0.4, -0.2) is 10.2 Å². The molecule has 2 N–H and O–H groups in total. The zero-order valence-electron chi connectivity index (χ0n) is 14.4. The summed E-state index contributed by atoms with van der Waals surface area (Å²) in [4.78, 5) is 0. The fourth-order valence-corrected chi connectivity index (χ4v) is 3.12. The van der Waals surface area contributed by atoms with E-state index in [4.69, 9.17) is 0 Å². The van der Waals surface area contributed by atoms with E-state index in [0.717, 1.165) is 23.1 Å². The van der Waals surface area contributed by atoms with Crippen molar-refractivity contribution < 1.29 is 10.2 Å². The third-order valence-electron chi connectivity index (χ3n) is 3.83. The first-order chi connectivity index (χ1) is 10.8. The lowest BCUT2D eigenvalue weighted by atomic mass is 9.80. The topological polar surface area (TPSA) is 40.5 Å². The number of hydrogen-bond donors (Lipinski definition) is 2. The van der Waals surface area contributed by atoms with Crippen molar-refractivity contribution in [3.63, 3.8) is 0 Å². The summed E-state index contributed by atoms with van der Waals surface area (Å²) >= 11 is 0. The Morgan fingerprint density at radius 3 is 1.61 bits per heavy atom. The van der Waals surface area contributed by atoms with Gasteiger partial charge in [-0.15, -0.1) is 0 Å². The lowest BCUT2D eigenvalue weighted by Crippen LogP contribution is -2.12. The third kappa shape index (κ3) is 4.88. The van der Waals surface area contributed by atoms with E-state index in [0.29, 0.717) is 5.92 Å². The van der Waals surface area contributed by atoms with Gasteiger partial charge in [0.25, 0.3) is 0 Å². The Morgan fingerprint density at radius 2 is 1.26 bits per heavy atom. The van der Waals surface area contributed by atoms with Crippen LogP contribution in [0.5, 0.6) is 11.5 Å². The average Bonchev–Trinajstić information content (AvgIpc) is 2.45. The molecule has 0 aliphatic heterocycles. The highest BCUT2D eigenvalue weighted by molar-refractivity contribution is 5.80. The molecule has 0 bridgehead atoms. The molecule has 122 valence electrons. The number of rotatable bonds is 5. The van der Waals surface area contributed by atoms with Gasteiger partial charge in [-0.3, -0.25) is 0 Å². The molecule has 0 saturated carbocycles. The largest absolute Gasteiger partial charge is 0.508 e. The number of allylic oxidation sites excluding steroid dienone is 1. The maximum absolute atomic E-state index is 9.54. The third-order valence-corrected chi connectivity index (χ3v) is 3.83. The van der Waals surface area contributed by atoms with Gasteiger partial charge in [0.2, 0.25) is 0 Å². The molecule has 2 heteroatoms. The van der Waals surface area contributed by atoms with Crippen LogP contribution in [0.4, 0.5) is 0 Å². The van der Waals surface area contributed by atoms with Gasteiger partial charge in [-0.1, -0.05) is 58.0 Å². The average molecular weight is 310 g/mol. The molecular weight excluding hydrogens is 284 g/mol. The molecule has 0 aromatic heterocycles. The van der Waals surface area contributed by atoms with E-state index < -0.39 is 0 Å². The van der Waals surface area contributed by atoms with Crippen LogP contribution in [0.15, 0.2) is 54.6 Å². The van der Waals surface area contributed by atoms with Crippen LogP contribution in [0, 0.1) is 11.3 Å². The van der Waals surface area contributed by atoms with E-state index >= 15 is 0 Å². The molecule has 2 aromatic carbocycles. The molecule has 0 atom stereocenters. The van der Waals surface area contributed by atoms with Gasteiger partial charge in [0.1, 0.15) is 11.5 Å². The summed E-state index contributed by atoms with van der Waals surface area (Å²) in [5, 5.41) is 19.1. The summed E-state index contributed by atoms with van der Waals surface area (Å²) in [6, 6.07) is 14.5. The van der Waals surface area contributed by atoms with Crippen LogP contribution >= 0.6 is 0 Å². The highest BCUT2D eigenvalue weighted by Gasteiger charge is 2.19. The molecule has 23 heavy (non-hydrogen) atoms. The van der Waals surface area contributed by atoms with Gasteiger partial charge in [0.05, 0.1) is 0 Å². The Labute approximate surface area is 139 Å². The molecule has 0 amide bonds. The van der Waals surface area contributed by atoms with Crippen molar-refractivity contribution in [3.8, 4) is 11.5 Å². The van der Waals surface area contributed by atoms with Gasteiger partial charge in [-0.05, 0) is 58.7 Å². The Balaban J connectivity index is 2.51. The predicted octanol–water partition coefficient (Wildman–Crippen LogP) is 5.60. The number of phenols is 2. The molecule has 0 spiro atoms. The Bertz CT molecular complexity index is 614. The minimum atomic E-state index is 0.0548. The van der Waals surface area contributed by atoms with Crippen molar-refractivity contribution in [2.75, 3.05) is 0 Å². The molecule has 0 radical (unpaired) electrons. The molecule has 0 aliphatic rings. The quantitative estimate of drug-likeness (QED) is 0.754. The Kier molecular flexibility index (Phi) is 5.15. The van der Waals surface area contributed by atoms with Crippen LogP contribution in [0.25, 0.3) is 5.57 Å². The summed E-state index contributed by atoms with van der Waals surface area (Å²) in [5.41, 5.74) is 3.30. The van der Waals surface area contributed by atoms with Crippen LogP contribution in [0.3, 0.4) is 0 Å². The maximum Gasteiger partial charge on any atom is 0.115 e. The van der Waals surface area contributed by atoms with Gasteiger partial charge in [-0.2, -0.15) is 0 Å². The predicted molar refractivity (Wildman–Crippen MR) is 96.5 cm³/mol.